The van der Waals surface area contributed by atoms with E-state index in [9.17, 15) is 0 Å². The number of hydrogen-bond donors (Lipinski definition) is 0. The van der Waals surface area contributed by atoms with Gasteiger partial charge in [0.15, 0.2) is 0 Å². The number of hydrogen-bond acceptors (Lipinski definition) is 0. The number of allylic oxidation sites excluding steroid dienone is 2. The fourth-order valence-corrected chi connectivity index (χ4v) is 2.54. The minimum Gasteiger partial charge on any atom is -0.0816 e. The molecule has 3 atom stereocenters. The molecule has 0 amide bonds. The molecular formula is C9H14. The predicted octanol–water partition coefficient (Wildman–Crippen LogP) is 2.61. The molecule has 9 heavy (non-hydrogen) atoms. The Morgan fingerprint density at radius 2 is 2.22 bits per heavy atom. The van der Waals surface area contributed by atoms with Crippen LogP contribution < -0.4 is 0 Å². The molecular weight excluding hydrogens is 108 g/mol. The maximum atomic E-state index is 2.45. The summed E-state index contributed by atoms with van der Waals surface area (Å²) in [6, 6.07) is 0. The summed E-state index contributed by atoms with van der Waals surface area (Å²) >= 11 is 0. The van der Waals surface area contributed by atoms with Crippen LogP contribution in [0, 0.1) is 17.8 Å². The maximum Gasteiger partial charge on any atom is -0.0117 e. The van der Waals surface area contributed by atoms with Gasteiger partial charge in [0.05, 0.1) is 0 Å². The summed E-state index contributed by atoms with van der Waals surface area (Å²) in [5.74, 6) is 2.96. The predicted molar refractivity (Wildman–Crippen MR) is 39.1 cm³/mol. The van der Waals surface area contributed by atoms with Crippen LogP contribution in [0.3, 0.4) is 0 Å². The highest BCUT2D eigenvalue weighted by atomic mass is 14.4. The average Bonchev–Trinajstić information content (AvgIpc) is 2.04. The fourth-order valence-electron chi connectivity index (χ4n) is 2.54. The maximum absolute atomic E-state index is 2.45. The summed E-state index contributed by atoms with van der Waals surface area (Å²) in [6.07, 6.45) is 5.38. The lowest BCUT2D eigenvalue weighted by Gasteiger charge is -2.30. The van der Waals surface area contributed by atoms with E-state index in [1.807, 2.05) is 0 Å². The third-order valence-electron chi connectivity index (χ3n) is 3.03. The summed E-state index contributed by atoms with van der Waals surface area (Å²) in [5, 5.41) is 0. The Hall–Kier alpha value is -0.260. The van der Waals surface area contributed by atoms with Gasteiger partial charge in [0.25, 0.3) is 0 Å². The first kappa shape index (κ1) is 5.52. The Bertz CT molecular complexity index is 155. The van der Waals surface area contributed by atoms with Crippen LogP contribution in [0.15, 0.2) is 11.6 Å². The van der Waals surface area contributed by atoms with E-state index < -0.39 is 0 Å². The van der Waals surface area contributed by atoms with Crippen molar-refractivity contribution < 1.29 is 0 Å². The first-order valence-electron chi connectivity index (χ1n) is 3.97. The zero-order valence-corrected chi connectivity index (χ0v) is 6.22. The molecule has 0 bridgehead atoms. The van der Waals surface area contributed by atoms with E-state index in [2.05, 4.69) is 19.9 Å². The minimum absolute atomic E-state index is 0.986. The van der Waals surface area contributed by atoms with Gasteiger partial charge in [-0.2, -0.15) is 0 Å². The van der Waals surface area contributed by atoms with Crippen molar-refractivity contribution in [1.29, 1.82) is 0 Å². The average molecular weight is 122 g/mol. The third-order valence-corrected chi connectivity index (χ3v) is 3.03. The molecule has 0 N–H and O–H groups in total. The highest BCUT2D eigenvalue weighted by molar-refractivity contribution is 5.23. The molecule has 0 saturated heterocycles. The number of fused-ring (bicyclic) bond motifs is 1. The summed E-state index contributed by atoms with van der Waals surface area (Å²) in [5.41, 5.74) is 1.66. The van der Waals surface area contributed by atoms with Crippen LogP contribution in [-0.2, 0) is 0 Å². The van der Waals surface area contributed by atoms with Gasteiger partial charge in [0.2, 0.25) is 0 Å². The van der Waals surface area contributed by atoms with Crippen molar-refractivity contribution in [1.82, 2.24) is 0 Å². The zero-order valence-electron chi connectivity index (χ0n) is 6.22. The van der Waals surface area contributed by atoms with Gasteiger partial charge in [-0.1, -0.05) is 18.6 Å². The smallest absolute Gasteiger partial charge is 0.0117 e. The van der Waals surface area contributed by atoms with Gasteiger partial charge in [-0.3, -0.25) is 0 Å². The molecule has 0 spiro atoms. The van der Waals surface area contributed by atoms with Gasteiger partial charge >= 0.3 is 0 Å². The largest absolute Gasteiger partial charge is 0.0816 e. The Balaban J connectivity index is 2.19. The lowest BCUT2D eigenvalue weighted by Crippen LogP contribution is -2.21. The van der Waals surface area contributed by atoms with Gasteiger partial charge in [-0.15, -0.1) is 0 Å². The van der Waals surface area contributed by atoms with Crippen molar-refractivity contribution >= 4 is 0 Å². The molecule has 0 aromatic carbocycles. The van der Waals surface area contributed by atoms with E-state index in [0.29, 0.717) is 0 Å². The summed E-state index contributed by atoms with van der Waals surface area (Å²) in [6.45, 7) is 4.67. The molecule has 0 nitrogen and oxygen atoms in total. The SMILES string of the molecule is CC1=CC2CC[C@H](C)C12. The quantitative estimate of drug-likeness (QED) is 0.433. The first-order valence-corrected chi connectivity index (χ1v) is 3.97. The van der Waals surface area contributed by atoms with Crippen LogP contribution in [-0.4, -0.2) is 0 Å². The van der Waals surface area contributed by atoms with Crippen molar-refractivity contribution in [3.8, 4) is 0 Å². The molecule has 0 heterocycles. The van der Waals surface area contributed by atoms with E-state index in [1.165, 1.54) is 12.8 Å². The van der Waals surface area contributed by atoms with Crippen LogP contribution in [0.2, 0.25) is 0 Å². The van der Waals surface area contributed by atoms with Crippen LogP contribution in [0.25, 0.3) is 0 Å². The Kier molecular flexibility index (Phi) is 0.992. The molecule has 2 unspecified atom stereocenters. The van der Waals surface area contributed by atoms with Gasteiger partial charge in [0.1, 0.15) is 0 Å². The van der Waals surface area contributed by atoms with E-state index in [-0.39, 0.29) is 0 Å². The van der Waals surface area contributed by atoms with Crippen LogP contribution in [0.4, 0.5) is 0 Å². The fraction of sp³-hybridized carbons (Fsp3) is 0.778. The summed E-state index contributed by atoms with van der Waals surface area (Å²) in [4.78, 5) is 0. The highest BCUT2D eigenvalue weighted by Gasteiger charge is 2.38. The monoisotopic (exact) mass is 122 g/mol. The second kappa shape index (κ2) is 1.62. The van der Waals surface area contributed by atoms with Crippen LogP contribution in [0.5, 0.6) is 0 Å². The molecule has 2 rings (SSSR count). The number of rotatable bonds is 0. The summed E-state index contributed by atoms with van der Waals surface area (Å²) < 4.78 is 0. The van der Waals surface area contributed by atoms with E-state index >= 15 is 0 Å². The normalized spacial score (nSPS) is 47.8. The topological polar surface area (TPSA) is 0 Å². The van der Waals surface area contributed by atoms with Gasteiger partial charge in [0, 0.05) is 0 Å². The van der Waals surface area contributed by atoms with E-state index in [0.717, 1.165) is 17.8 Å². The van der Waals surface area contributed by atoms with Gasteiger partial charge in [-0.05, 0) is 37.5 Å². The second-order valence-electron chi connectivity index (χ2n) is 3.65. The standard InChI is InChI=1S/C9H14/c1-6-3-4-8-5-7(2)9(6)8/h5-6,8-9H,3-4H2,1-2H3/t6-,8?,9?/m0/s1. The highest BCUT2D eigenvalue weighted by Crippen LogP contribution is 2.48. The minimum atomic E-state index is 0.986. The van der Waals surface area contributed by atoms with Crippen LogP contribution in [0.1, 0.15) is 26.7 Å². The van der Waals surface area contributed by atoms with E-state index in [1.54, 1.807) is 5.57 Å². The Morgan fingerprint density at radius 3 is 2.67 bits per heavy atom. The van der Waals surface area contributed by atoms with Gasteiger partial charge in [-0.25, -0.2) is 0 Å². The first-order chi connectivity index (χ1) is 4.29. The van der Waals surface area contributed by atoms with E-state index in [4.69, 9.17) is 0 Å². The van der Waals surface area contributed by atoms with Crippen molar-refractivity contribution in [3.63, 3.8) is 0 Å². The molecule has 50 valence electrons. The zero-order chi connectivity index (χ0) is 6.43. The molecule has 0 radical (unpaired) electrons. The molecule has 1 fully saturated rings. The molecule has 0 aliphatic heterocycles. The molecule has 1 saturated carbocycles. The molecule has 0 heteroatoms. The Morgan fingerprint density at radius 1 is 1.44 bits per heavy atom. The van der Waals surface area contributed by atoms with Crippen molar-refractivity contribution in [2.24, 2.45) is 17.8 Å². The van der Waals surface area contributed by atoms with Crippen molar-refractivity contribution in [3.05, 3.63) is 11.6 Å². The molecule has 0 aromatic rings. The molecule has 0 aromatic heterocycles. The van der Waals surface area contributed by atoms with Crippen LogP contribution >= 0.6 is 0 Å². The third kappa shape index (κ3) is 0.593. The summed E-state index contributed by atoms with van der Waals surface area (Å²) in [7, 11) is 0. The molecule has 2 aliphatic rings. The Labute approximate surface area is 57.0 Å². The lowest BCUT2D eigenvalue weighted by atomic mass is 9.75. The lowest BCUT2D eigenvalue weighted by molar-refractivity contribution is 0.384. The second-order valence-corrected chi connectivity index (χ2v) is 3.65. The molecule has 2 aliphatic carbocycles. The van der Waals surface area contributed by atoms with Crippen molar-refractivity contribution in [2.75, 3.05) is 0 Å². The van der Waals surface area contributed by atoms with Gasteiger partial charge < -0.3 is 0 Å². The van der Waals surface area contributed by atoms with Crippen molar-refractivity contribution in [2.45, 2.75) is 26.7 Å².